The summed E-state index contributed by atoms with van der Waals surface area (Å²) in [4.78, 5) is 25.3. The summed E-state index contributed by atoms with van der Waals surface area (Å²) in [5.41, 5.74) is 4.92. The quantitative estimate of drug-likeness (QED) is 0.602. The molecule has 0 rings (SSSR count). The first-order chi connectivity index (χ1) is 6.93. The van der Waals surface area contributed by atoms with Crippen molar-refractivity contribution in [2.75, 3.05) is 40.3 Å². The number of nitrogens with zero attached hydrogens (tertiary/aromatic N) is 2. The Labute approximate surface area is 90.4 Å². The van der Waals surface area contributed by atoms with Gasteiger partial charge in [-0.15, -0.1) is 0 Å². The van der Waals surface area contributed by atoms with Crippen molar-refractivity contribution < 1.29 is 9.59 Å². The van der Waals surface area contributed by atoms with Crippen LogP contribution < -0.4 is 11.1 Å². The van der Waals surface area contributed by atoms with E-state index in [0.29, 0.717) is 19.6 Å². The fourth-order valence-electron chi connectivity index (χ4n) is 1.06. The van der Waals surface area contributed by atoms with E-state index in [2.05, 4.69) is 5.32 Å². The fourth-order valence-corrected chi connectivity index (χ4v) is 1.06. The van der Waals surface area contributed by atoms with E-state index in [4.69, 9.17) is 5.73 Å². The molecule has 88 valence electrons. The summed E-state index contributed by atoms with van der Waals surface area (Å²) in [5, 5.41) is 2.45. The molecule has 0 fully saturated rings. The van der Waals surface area contributed by atoms with E-state index in [1.807, 2.05) is 19.0 Å². The molecule has 0 aliphatic carbocycles. The Hall–Kier alpha value is -1.30. The molecule has 3 amide bonds. The maximum atomic E-state index is 11.2. The van der Waals surface area contributed by atoms with Gasteiger partial charge in [0.05, 0.1) is 0 Å². The number of rotatable bonds is 6. The van der Waals surface area contributed by atoms with Crippen molar-refractivity contribution in [2.24, 2.45) is 5.73 Å². The number of primary amides is 1. The number of amides is 3. The van der Waals surface area contributed by atoms with Crippen molar-refractivity contribution in [1.82, 2.24) is 15.1 Å². The van der Waals surface area contributed by atoms with E-state index in [-0.39, 0.29) is 5.91 Å². The Balaban J connectivity index is 3.83. The Bertz CT molecular complexity index is 218. The van der Waals surface area contributed by atoms with Gasteiger partial charge in [0.2, 0.25) is 5.91 Å². The van der Waals surface area contributed by atoms with Crippen molar-refractivity contribution in [1.29, 1.82) is 0 Å². The highest BCUT2D eigenvalue weighted by Gasteiger charge is 2.08. The van der Waals surface area contributed by atoms with Crippen LogP contribution in [0.4, 0.5) is 4.79 Å². The van der Waals surface area contributed by atoms with Gasteiger partial charge >= 0.3 is 6.03 Å². The van der Waals surface area contributed by atoms with Gasteiger partial charge in [-0.25, -0.2) is 4.79 Å². The highest BCUT2D eigenvalue weighted by molar-refractivity contribution is 5.73. The average molecular weight is 216 g/mol. The molecule has 0 heterocycles. The molecule has 6 heteroatoms. The van der Waals surface area contributed by atoms with Crippen molar-refractivity contribution in [2.45, 2.75) is 6.92 Å². The van der Waals surface area contributed by atoms with Crippen LogP contribution >= 0.6 is 0 Å². The Morgan fingerprint density at radius 3 is 2.20 bits per heavy atom. The lowest BCUT2D eigenvalue weighted by molar-refractivity contribution is -0.128. The Kier molecular flexibility index (Phi) is 6.44. The van der Waals surface area contributed by atoms with Crippen molar-refractivity contribution in [3.63, 3.8) is 0 Å². The van der Waals surface area contributed by atoms with Gasteiger partial charge in [0.15, 0.2) is 0 Å². The number of nitrogens with one attached hydrogen (secondary N) is 1. The number of likely N-dealkylation sites (N-methyl/N-ethyl adjacent to an activating group) is 1. The van der Waals surface area contributed by atoms with Gasteiger partial charge in [0, 0.05) is 33.1 Å². The average Bonchev–Trinajstić information content (AvgIpc) is 2.09. The second kappa shape index (κ2) is 7.05. The van der Waals surface area contributed by atoms with Crippen molar-refractivity contribution >= 4 is 11.9 Å². The minimum absolute atomic E-state index is 0.00289. The molecule has 0 aromatic heterocycles. The molecule has 0 radical (unpaired) electrons. The molecule has 0 spiro atoms. The fraction of sp³-hybridized carbons (Fsp3) is 0.778. The van der Waals surface area contributed by atoms with Crippen molar-refractivity contribution in [3.05, 3.63) is 0 Å². The molecule has 0 aromatic rings. The van der Waals surface area contributed by atoms with Crippen molar-refractivity contribution in [3.8, 4) is 0 Å². The SMILES string of the molecule is CC(=O)N(CCNC(N)=O)CCN(C)C. The lowest BCUT2D eigenvalue weighted by Gasteiger charge is -2.22. The molecular formula is C9H20N4O2. The molecule has 6 nitrogen and oxygen atoms in total. The van der Waals surface area contributed by atoms with Gasteiger partial charge in [0.1, 0.15) is 0 Å². The summed E-state index contributed by atoms with van der Waals surface area (Å²) in [6.45, 7) is 3.85. The second-order valence-electron chi connectivity index (χ2n) is 3.60. The molecule has 3 N–H and O–H groups in total. The highest BCUT2D eigenvalue weighted by atomic mass is 16.2. The predicted octanol–water partition coefficient (Wildman–Crippen LogP) is -0.935. The Morgan fingerprint density at radius 2 is 1.80 bits per heavy atom. The Morgan fingerprint density at radius 1 is 1.20 bits per heavy atom. The first-order valence-corrected chi connectivity index (χ1v) is 4.87. The topological polar surface area (TPSA) is 78.7 Å². The van der Waals surface area contributed by atoms with Crippen LogP contribution in [0.2, 0.25) is 0 Å². The molecule has 15 heavy (non-hydrogen) atoms. The van der Waals surface area contributed by atoms with E-state index >= 15 is 0 Å². The van der Waals surface area contributed by atoms with Gasteiger partial charge in [-0.2, -0.15) is 0 Å². The number of carbonyl (C=O) groups excluding carboxylic acids is 2. The van der Waals surface area contributed by atoms with Gasteiger partial charge in [-0.3, -0.25) is 4.79 Å². The molecule has 0 saturated heterocycles. The molecule has 0 saturated carbocycles. The maximum absolute atomic E-state index is 11.2. The molecule has 0 bridgehead atoms. The third-order valence-corrected chi connectivity index (χ3v) is 1.94. The number of carbonyl (C=O) groups is 2. The molecule has 0 aliphatic rings. The standard InChI is InChI=1S/C9H20N4O2/c1-8(14)13(7-6-12(2)3)5-4-11-9(10)15/h4-7H2,1-3H3,(H3,10,11,15). The molecular weight excluding hydrogens is 196 g/mol. The maximum Gasteiger partial charge on any atom is 0.312 e. The van der Waals surface area contributed by atoms with E-state index in [0.717, 1.165) is 6.54 Å². The summed E-state index contributed by atoms with van der Waals surface area (Å²) in [5.74, 6) is 0.00289. The normalized spacial score (nSPS) is 10.1. The third kappa shape index (κ3) is 7.75. The zero-order valence-electron chi connectivity index (χ0n) is 9.62. The van der Waals surface area contributed by atoms with E-state index in [1.165, 1.54) is 6.92 Å². The first kappa shape index (κ1) is 13.7. The predicted molar refractivity (Wildman–Crippen MR) is 58.4 cm³/mol. The van der Waals surface area contributed by atoms with Gasteiger partial charge in [0.25, 0.3) is 0 Å². The molecule has 0 aliphatic heterocycles. The molecule has 0 atom stereocenters. The number of hydrogen-bond acceptors (Lipinski definition) is 3. The van der Waals surface area contributed by atoms with Crippen LogP contribution in [-0.2, 0) is 4.79 Å². The first-order valence-electron chi connectivity index (χ1n) is 4.87. The highest BCUT2D eigenvalue weighted by Crippen LogP contribution is 1.89. The monoisotopic (exact) mass is 216 g/mol. The van der Waals surface area contributed by atoms with Crippen LogP contribution in [-0.4, -0.2) is 62.0 Å². The van der Waals surface area contributed by atoms with Crippen LogP contribution in [0.15, 0.2) is 0 Å². The number of nitrogens with two attached hydrogens (primary N) is 1. The molecule has 0 unspecified atom stereocenters. The summed E-state index contributed by atoms with van der Waals surface area (Å²) in [7, 11) is 3.89. The lowest BCUT2D eigenvalue weighted by Crippen LogP contribution is -2.41. The number of urea groups is 1. The lowest BCUT2D eigenvalue weighted by atomic mass is 10.4. The summed E-state index contributed by atoms with van der Waals surface area (Å²) in [6, 6.07) is -0.564. The smallest absolute Gasteiger partial charge is 0.312 e. The van der Waals surface area contributed by atoms with Crippen LogP contribution in [0.3, 0.4) is 0 Å². The zero-order chi connectivity index (χ0) is 11.8. The van der Waals surface area contributed by atoms with Gasteiger partial charge < -0.3 is 20.9 Å². The van der Waals surface area contributed by atoms with Crippen LogP contribution in [0.1, 0.15) is 6.92 Å². The van der Waals surface area contributed by atoms with Gasteiger partial charge in [-0.05, 0) is 14.1 Å². The van der Waals surface area contributed by atoms with Crippen LogP contribution in [0, 0.1) is 0 Å². The second-order valence-corrected chi connectivity index (χ2v) is 3.60. The minimum atomic E-state index is -0.564. The van der Waals surface area contributed by atoms with Gasteiger partial charge in [-0.1, -0.05) is 0 Å². The summed E-state index contributed by atoms with van der Waals surface area (Å²) < 4.78 is 0. The van der Waals surface area contributed by atoms with Crippen LogP contribution in [0.25, 0.3) is 0 Å². The largest absolute Gasteiger partial charge is 0.352 e. The van der Waals surface area contributed by atoms with Crippen LogP contribution in [0.5, 0.6) is 0 Å². The third-order valence-electron chi connectivity index (χ3n) is 1.94. The molecule has 0 aromatic carbocycles. The summed E-state index contributed by atoms with van der Waals surface area (Å²) in [6.07, 6.45) is 0. The van der Waals surface area contributed by atoms with E-state index in [9.17, 15) is 9.59 Å². The van der Waals surface area contributed by atoms with E-state index < -0.39 is 6.03 Å². The number of hydrogen-bond donors (Lipinski definition) is 2. The summed E-state index contributed by atoms with van der Waals surface area (Å²) >= 11 is 0. The zero-order valence-corrected chi connectivity index (χ0v) is 9.62. The minimum Gasteiger partial charge on any atom is -0.352 e. The van der Waals surface area contributed by atoms with E-state index in [1.54, 1.807) is 4.90 Å².